The van der Waals surface area contributed by atoms with E-state index >= 15 is 0 Å². The van der Waals surface area contributed by atoms with Crippen LogP contribution in [0.2, 0.25) is 0 Å². The molecule has 0 unspecified atom stereocenters. The summed E-state index contributed by atoms with van der Waals surface area (Å²) < 4.78 is 0. The highest BCUT2D eigenvalue weighted by Crippen LogP contribution is 2.12. The molecule has 0 aromatic carbocycles. The first kappa shape index (κ1) is 13.0. The molecule has 0 radical (unpaired) electrons. The summed E-state index contributed by atoms with van der Waals surface area (Å²) in [4.78, 5) is 27.4. The Labute approximate surface area is 99.1 Å². The molecule has 0 saturated carbocycles. The lowest BCUT2D eigenvalue weighted by Crippen LogP contribution is -2.27. The predicted molar refractivity (Wildman–Crippen MR) is 62.9 cm³/mol. The lowest BCUT2D eigenvalue weighted by Gasteiger charge is -2.21. The van der Waals surface area contributed by atoms with E-state index in [1.54, 1.807) is 11.0 Å². The van der Waals surface area contributed by atoms with Gasteiger partial charge in [0.2, 0.25) is 5.91 Å². The van der Waals surface area contributed by atoms with Gasteiger partial charge in [0, 0.05) is 24.8 Å². The van der Waals surface area contributed by atoms with Gasteiger partial charge in [-0.1, -0.05) is 0 Å². The van der Waals surface area contributed by atoms with Crippen molar-refractivity contribution in [3.05, 3.63) is 23.9 Å². The van der Waals surface area contributed by atoms with Gasteiger partial charge >= 0.3 is 5.97 Å². The van der Waals surface area contributed by atoms with E-state index in [2.05, 4.69) is 4.98 Å². The number of aromatic nitrogens is 1. The van der Waals surface area contributed by atoms with Crippen LogP contribution in [0, 0.1) is 0 Å². The summed E-state index contributed by atoms with van der Waals surface area (Å²) in [7, 11) is 0. The van der Waals surface area contributed by atoms with Gasteiger partial charge in [0.15, 0.2) is 0 Å². The highest BCUT2D eigenvalue weighted by molar-refractivity contribution is 5.93. The van der Waals surface area contributed by atoms with Crippen molar-refractivity contribution in [1.29, 1.82) is 0 Å². The Kier molecular flexibility index (Phi) is 4.45. The molecule has 1 amide bonds. The van der Waals surface area contributed by atoms with Crippen molar-refractivity contribution in [3.63, 3.8) is 0 Å². The van der Waals surface area contributed by atoms with Crippen molar-refractivity contribution >= 4 is 17.7 Å². The topological polar surface area (TPSA) is 96.5 Å². The van der Waals surface area contributed by atoms with Crippen molar-refractivity contribution in [2.24, 2.45) is 5.73 Å². The zero-order valence-corrected chi connectivity index (χ0v) is 9.59. The smallest absolute Gasteiger partial charge is 0.305 e. The second kappa shape index (κ2) is 5.83. The molecule has 17 heavy (non-hydrogen) atoms. The summed E-state index contributed by atoms with van der Waals surface area (Å²) in [6.45, 7) is 2.85. The molecule has 0 aliphatic heterocycles. The molecule has 0 atom stereocenters. The Morgan fingerprint density at radius 3 is 2.76 bits per heavy atom. The molecule has 0 bridgehead atoms. The molecule has 0 aliphatic carbocycles. The van der Waals surface area contributed by atoms with Crippen LogP contribution in [0.25, 0.3) is 0 Å². The predicted octanol–water partition coefficient (Wildman–Crippen LogP) is 0.481. The van der Waals surface area contributed by atoms with Crippen molar-refractivity contribution < 1.29 is 14.7 Å². The van der Waals surface area contributed by atoms with E-state index in [4.69, 9.17) is 10.8 Å². The lowest BCUT2D eigenvalue weighted by atomic mass is 10.2. The van der Waals surface area contributed by atoms with Gasteiger partial charge < -0.3 is 15.7 Å². The number of carbonyl (C=O) groups excluding carboxylic acids is 1. The molecular formula is C11H15N3O3. The van der Waals surface area contributed by atoms with E-state index in [9.17, 15) is 9.59 Å². The summed E-state index contributed by atoms with van der Waals surface area (Å²) in [5, 5.41) is 8.63. The minimum Gasteiger partial charge on any atom is -0.481 e. The van der Waals surface area contributed by atoms with Crippen molar-refractivity contribution in [3.8, 4) is 0 Å². The van der Waals surface area contributed by atoms with Crippen LogP contribution in [0.15, 0.2) is 18.3 Å². The number of hydrogen-bond donors (Lipinski definition) is 2. The molecule has 92 valence electrons. The van der Waals surface area contributed by atoms with E-state index < -0.39 is 11.9 Å². The fraction of sp³-hybridized carbons (Fsp3) is 0.364. The number of amides is 1. The summed E-state index contributed by atoms with van der Waals surface area (Å²) in [5.41, 5.74) is 5.53. The van der Waals surface area contributed by atoms with Crippen LogP contribution < -0.4 is 10.6 Å². The number of carboxylic acid groups (broad SMARTS) is 1. The van der Waals surface area contributed by atoms with E-state index in [0.717, 1.165) is 0 Å². The largest absolute Gasteiger partial charge is 0.481 e. The van der Waals surface area contributed by atoms with E-state index in [1.165, 1.54) is 12.3 Å². The Morgan fingerprint density at radius 1 is 1.53 bits per heavy atom. The second-order valence-electron chi connectivity index (χ2n) is 3.49. The van der Waals surface area contributed by atoms with Gasteiger partial charge in [0.25, 0.3) is 0 Å². The highest BCUT2D eigenvalue weighted by atomic mass is 16.4. The molecule has 0 aliphatic rings. The number of aliphatic carboxylic acids is 1. The van der Waals surface area contributed by atoms with Crippen LogP contribution >= 0.6 is 0 Å². The molecule has 1 aromatic heterocycles. The molecule has 6 heteroatoms. The molecule has 1 aromatic rings. The lowest BCUT2D eigenvalue weighted by molar-refractivity contribution is -0.136. The zero-order chi connectivity index (χ0) is 12.8. The number of pyridine rings is 1. The van der Waals surface area contributed by atoms with Gasteiger partial charge in [-0.15, -0.1) is 0 Å². The third-order valence-corrected chi connectivity index (χ3v) is 2.33. The first-order valence-corrected chi connectivity index (χ1v) is 5.27. The Morgan fingerprint density at radius 2 is 2.24 bits per heavy atom. The van der Waals surface area contributed by atoms with Crippen LogP contribution in [0.4, 0.5) is 5.82 Å². The molecule has 1 rings (SSSR count). The van der Waals surface area contributed by atoms with Gasteiger partial charge in [-0.3, -0.25) is 9.59 Å². The molecule has 0 fully saturated rings. The maximum absolute atomic E-state index is 11.0. The van der Waals surface area contributed by atoms with Crippen LogP contribution in [-0.4, -0.2) is 35.1 Å². The molecule has 3 N–H and O–H groups in total. The third kappa shape index (κ3) is 3.75. The Bertz CT molecular complexity index is 420. The Hall–Kier alpha value is -2.11. The third-order valence-electron chi connectivity index (χ3n) is 2.33. The van der Waals surface area contributed by atoms with Crippen molar-refractivity contribution in [2.75, 3.05) is 18.0 Å². The number of hydrogen-bond acceptors (Lipinski definition) is 4. The van der Waals surface area contributed by atoms with E-state index in [-0.39, 0.29) is 6.42 Å². The van der Waals surface area contributed by atoms with Gasteiger partial charge in [-0.2, -0.15) is 0 Å². The number of rotatable bonds is 6. The molecule has 0 saturated heterocycles. The molecule has 0 spiro atoms. The van der Waals surface area contributed by atoms with Gasteiger partial charge in [0.1, 0.15) is 5.82 Å². The summed E-state index contributed by atoms with van der Waals surface area (Å²) in [5.74, 6) is -0.831. The Balaban J connectivity index is 2.84. The summed E-state index contributed by atoms with van der Waals surface area (Å²) >= 11 is 0. The van der Waals surface area contributed by atoms with Crippen LogP contribution in [-0.2, 0) is 4.79 Å². The number of carboxylic acids is 1. The number of anilines is 1. The minimum atomic E-state index is -0.866. The van der Waals surface area contributed by atoms with Crippen molar-refractivity contribution in [1.82, 2.24) is 4.98 Å². The van der Waals surface area contributed by atoms with Crippen molar-refractivity contribution in [2.45, 2.75) is 13.3 Å². The second-order valence-corrected chi connectivity index (χ2v) is 3.49. The van der Waals surface area contributed by atoms with Crippen LogP contribution in [0.1, 0.15) is 23.7 Å². The maximum Gasteiger partial charge on any atom is 0.305 e. The first-order valence-electron chi connectivity index (χ1n) is 5.27. The van der Waals surface area contributed by atoms with Crippen LogP contribution in [0.5, 0.6) is 0 Å². The minimum absolute atomic E-state index is 0.0241. The van der Waals surface area contributed by atoms with E-state index in [1.807, 2.05) is 6.92 Å². The average molecular weight is 237 g/mol. The molecule has 6 nitrogen and oxygen atoms in total. The van der Waals surface area contributed by atoms with Gasteiger partial charge in [-0.25, -0.2) is 4.98 Å². The monoisotopic (exact) mass is 237 g/mol. The molecular weight excluding hydrogens is 222 g/mol. The quantitative estimate of drug-likeness (QED) is 0.750. The number of carbonyl (C=O) groups is 2. The highest BCUT2D eigenvalue weighted by Gasteiger charge is 2.10. The standard InChI is InChI=1S/C11H15N3O3/c1-2-14(6-4-10(15)16)9-7-8(11(12)17)3-5-13-9/h3,5,7H,2,4,6H2,1H3,(H2,12,17)(H,15,16). The fourth-order valence-electron chi connectivity index (χ4n) is 1.41. The summed E-state index contributed by atoms with van der Waals surface area (Å²) in [6, 6.07) is 3.09. The first-order chi connectivity index (χ1) is 8.04. The number of primary amides is 1. The maximum atomic E-state index is 11.0. The summed E-state index contributed by atoms with van der Waals surface area (Å²) in [6.07, 6.45) is 1.51. The number of nitrogens with zero attached hydrogens (tertiary/aromatic N) is 2. The van der Waals surface area contributed by atoms with E-state index in [0.29, 0.717) is 24.5 Å². The zero-order valence-electron chi connectivity index (χ0n) is 9.59. The SMILES string of the molecule is CCN(CCC(=O)O)c1cc(C(N)=O)ccn1. The average Bonchev–Trinajstić information content (AvgIpc) is 2.30. The molecule has 1 heterocycles. The fourth-order valence-corrected chi connectivity index (χ4v) is 1.41. The van der Waals surface area contributed by atoms with Gasteiger partial charge in [0.05, 0.1) is 6.42 Å². The van der Waals surface area contributed by atoms with Crippen LogP contribution in [0.3, 0.4) is 0 Å². The number of nitrogens with two attached hydrogens (primary N) is 1. The van der Waals surface area contributed by atoms with Gasteiger partial charge in [-0.05, 0) is 19.1 Å². The normalized spacial score (nSPS) is 9.94.